The van der Waals surface area contributed by atoms with Crippen LogP contribution in [-0.4, -0.2) is 35.7 Å². The number of carbonyl (C=O) groups excluding carboxylic acids is 1. The molecule has 0 bridgehead atoms. The van der Waals surface area contributed by atoms with Crippen molar-refractivity contribution in [2.75, 3.05) is 30.9 Å². The average molecular weight is 395 g/mol. The number of nitrogens with zero attached hydrogens (tertiary/aromatic N) is 2. The number of unbranched alkanes of at least 4 members (excludes halogenated alkanes) is 1. The minimum atomic E-state index is -0.719. The van der Waals surface area contributed by atoms with Crippen LogP contribution in [0.1, 0.15) is 30.1 Å². The second-order valence-corrected chi connectivity index (χ2v) is 6.39. The summed E-state index contributed by atoms with van der Waals surface area (Å²) in [4.78, 5) is 41.1. The molecule has 0 radical (unpaired) electrons. The second-order valence-electron chi connectivity index (χ2n) is 5.95. The zero-order valence-electron chi connectivity index (χ0n) is 15.3. The van der Waals surface area contributed by atoms with Gasteiger partial charge in [-0.1, -0.05) is 24.9 Å². The van der Waals surface area contributed by atoms with E-state index in [0.29, 0.717) is 23.6 Å². The molecule has 0 aliphatic rings. The number of nitrogens with two attached hydrogens (primary N) is 1. The smallest absolute Gasteiger partial charge is 0.330 e. The molecule has 1 aromatic heterocycles. The Bertz CT molecular complexity index is 905. The largest absolute Gasteiger partial charge is 0.383 e. The van der Waals surface area contributed by atoms with Gasteiger partial charge in [-0.2, -0.15) is 0 Å². The maximum absolute atomic E-state index is 13.0. The molecule has 0 atom stereocenters. The summed E-state index contributed by atoms with van der Waals surface area (Å²) in [5.41, 5.74) is 5.08. The van der Waals surface area contributed by atoms with Gasteiger partial charge in [0.1, 0.15) is 5.82 Å². The maximum atomic E-state index is 13.0. The SMILES string of the molecule is CCCCn1c(N)c(N(CCOC)C(=O)c2ccc(Cl)cc2)c(=O)[nH]c1=O. The lowest BCUT2D eigenvalue weighted by molar-refractivity contribution is 0.0975. The molecule has 8 nitrogen and oxygen atoms in total. The molecule has 0 saturated carbocycles. The van der Waals surface area contributed by atoms with Crippen molar-refractivity contribution in [3.8, 4) is 0 Å². The molecule has 0 spiro atoms. The van der Waals surface area contributed by atoms with Gasteiger partial charge in [0.25, 0.3) is 11.5 Å². The number of hydrogen-bond donors (Lipinski definition) is 2. The highest BCUT2D eigenvalue weighted by molar-refractivity contribution is 6.30. The Kier molecular flexibility index (Phi) is 7.20. The van der Waals surface area contributed by atoms with Crippen LogP contribution in [-0.2, 0) is 11.3 Å². The number of benzene rings is 1. The number of hydrogen-bond acceptors (Lipinski definition) is 5. The van der Waals surface area contributed by atoms with Gasteiger partial charge in [0.15, 0.2) is 5.69 Å². The van der Waals surface area contributed by atoms with E-state index in [4.69, 9.17) is 22.1 Å². The van der Waals surface area contributed by atoms with Crippen LogP contribution in [0.3, 0.4) is 0 Å². The molecule has 0 saturated heterocycles. The second kappa shape index (κ2) is 9.38. The Morgan fingerprint density at radius 1 is 1.30 bits per heavy atom. The molecular formula is C18H23ClN4O4. The van der Waals surface area contributed by atoms with E-state index >= 15 is 0 Å². The van der Waals surface area contributed by atoms with E-state index in [1.54, 1.807) is 24.3 Å². The number of carbonyl (C=O) groups is 1. The van der Waals surface area contributed by atoms with Gasteiger partial charge < -0.3 is 10.5 Å². The molecule has 2 aromatic rings. The standard InChI is InChI=1S/C18H23ClN4O4/c1-3-4-9-23-15(20)14(16(24)21-18(23)26)22(10-11-27-2)17(25)12-5-7-13(19)8-6-12/h5-8H,3-4,9-11,20H2,1-2H3,(H,21,24,26). The third-order valence-corrected chi connectivity index (χ3v) is 4.33. The number of nitrogens with one attached hydrogen (secondary N) is 1. The van der Waals surface area contributed by atoms with Crippen molar-refractivity contribution in [1.29, 1.82) is 0 Å². The van der Waals surface area contributed by atoms with Gasteiger partial charge in [0.05, 0.1) is 6.61 Å². The highest BCUT2D eigenvalue weighted by atomic mass is 35.5. The summed E-state index contributed by atoms with van der Waals surface area (Å²) in [7, 11) is 1.49. The lowest BCUT2D eigenvalue weighted by Crippen LogP contribution is -2.42. The van der Waals surface area contributed by atoms with Crippen LogP contribution >= 0.6 is 11.6 Å². The molecule has 0 aliphatic heterocycles. The van der Waals surface area contributed by atoms with Crippen LogP contribution in [0.5, 0.6) is 0 Å². The number of aromatic amines is 1. The lowest BCUT2D eigenvalue weighted by atomic mass is 10.2. The summed E-state index contributed by atoms with van der Waals surface area (Å²) in [6, 6.07) is 6.28. The number of ether oxygens (including phenoxy) is 1. The van der Waals surface area contributed by atoms with Gasteiger partial charge >= 0.3 is 5.69 Å². The minimum absolute atomic E-state index is 0.0457. The Morgan fingerprint density at radius 3 is 2.56 bits per heavy atom. The normalized spacial score (nSPS) is 10.8. The van der Waals surface area contributed by atoms with Crippen molar-refractivity contribution >= 4 is 29.0 Å². The number of rotatable bonds is 8. The average Bonchev–Trinajstić information content (AvgIpc) is 2.64. The van der Waals surface area contributed by atoms with E-state index in [9.17, 15) is 14.4 Å². The van der Waals surface area contributed by atoms with Gasteiger partial charge in [-0.25, -0.2) is 4.79 Å². The molecule has 2 rings (SSSR count). The number of nitrogen functional groups attached to an aromatic ring is 1. The quantitative estimate of drug-likeness (QED) is 0.710. The maximum Gasteiger partial charge on any atom is 0.330 e. The van der Waals surface area contributed by atoms with Gasteiger partial charge in [-0.3, -0.25) is 24.0 Å². The van der Waals surface area contributed by atoms with Crippen LogP contribution < -0.4 is 21.9 Å². The first-order chi connectivity index (χ1) is 12.9. The van der Waals surface area contributed by atoms with Crippen molar-refractivity contribution in [2.45, 2.75) is 26.3 Å². The summed E-state index contributed by atoms with van der Waals surface area (Å²) in [6.07, 6.45) is 1.55. The Morgan fingerprint density at radius 2 is 1.96 bits per heavy atom. The van der Waals surface area contributed by atoms with Crippen LogP contribution in [0.2, 0.25) is 5.02 Å². The molecular weight excluding hydrogens is 372 g/mol. The summed E-state index contributed by atoms with van der Waals surface area (Å²) >= 11 is 5.88. The van der Waals surface area contributed by atoms with E-state index in [-0.39, 0.29) is 24.7 Å². The number of halogens is 1. The van der Waals surface area contributed by atoms with E-state index in [1.165, 1.54) is 16.6 Å². The Hall–Kier alpha value is -2.58. The lowest BCUT2D eigenvalue weighted by Gasteiger charge is -2.24. The van der Waals surface area contributed by atoms with E-state index < -0.39 is 17.2 Å². The number of aromatic nitrogens is 2. The molecule has 9 heteroatoms. The van der Waals surface area contributed by atoms with Crippen LogP contribution in [0.15, 0.2) is 33.9 Å². The molecule has 3 N–H and O–H groups in total. The van der Waals surface area contributed by atoms with Crippen molar-refractivity contribution in [2.24, 2.45) is 0 Å². The fourth-order valence-electron chi connectivity index (χ4n) is 2.62. The number of H-pyrrole nitrogens is 1. The van der Waals surface area contributed by atoms with Crippen molar-refractivity contribution in [1.82, 2.24) is 9.55 Å². The molecule has 146 valence electrons. The predicted molar refractivity (Wildman–Crippen MR) is 106 cm³/mol. The molecule has 0 unspecified atom stereocenters. The number of amides is 1. The van der Waals surface area contributed by atoms with Crippen molar-refractivity contribution in [3.05, 3.63) is 55.7 Å². The van der Waals surface area contributed by atoms with Gasteiger partial charge in [-0.05, 0) is 30.7 Å². The summed E-state index contributed by atoms with van der Waals surface area (Å²) < 4.78 is 6.33. The fourth-order valence-corrected chi connectivity index (χ4v) is 2.75. The topological polar surface area (TPSA) is 110 Å². The summed E-state index contributed by atoms with van der Waals surface area (Å²) in [6.45, 7) is 2.60. The Labute approximate surface area is 161 Å². The van der Waals surface area contributed by atoms with Gasteiger partial charge in [-0.15, -0.1) is 0 Å². The van der Waals surface area contributed by atoms with Gasteiger partial charge in [0, 0.05) is 30.8 Å². The molecule has 0 aliphatic carbocycles. The minimum Gasteiger partial charge on any atom is -0.383 e. The van der Waals surface area contributed by atoms with Gasteiger partial charge in [0.2, 0.25) is 0 Å². The zero-order chi connectivity index (χ0) is 20.0. The highest BCUT2D eigenvalue weighted by Gasteiger charge is 2.25. The highest BCUT2D eigenvalue weighted by Crippen LogP contribution is 2.20. The first-order valence-corrected chi connectivity index (χ1v) is 8.97. The first kappa shape index (κ1) is 20.7. The van der Waals surface area contributed by atoms with E-state index in [2.05, 4.69) is 4.98 Å². The number of methoxy groups -OCH3 is 1. The third kappa shape index (κ3) is 4.78. The van der Waals surface area contributed by atoms with Crippen molar-refractivity contribution < 1.29 is 9.53 Å². The predicted octanol–water partition coefficient (Wildman–Crippen LogP) is 1.87. The van der Waals surface area contributed by atoms with Crippen LogP contribution in [0.4, 0.5) is 11.5 Å². The summed E-state index contributed by atoms with van der Waals surface area (Å²) in [5.74, 6) is -0.489. The van der Waals surface area contributed by atoms with Crippen LogP contribution in [0, 0.1) is 0 Å². The third-order valence-electron chi connectivity index (χ3n) is 4.07. The molecule has 1 aromatic carbocycles. The monoisotopic (exact) mass is 394 g/mol. The fraction of sp³-hybridized carbons (Fsp3) is 0.389. The zero-order valence-corrected chi connectivity index (χ0v) is 16.1. The Balaban J connectivity index is 2.55. The van der Waals surface area contributed by atoms with E-state index in [1.807, 2.05) is 6.92 Å². The molecule has 1 amide bonds. The van der Waals surface area contributed by atoms with E-state index in [0.717, 1.165) is 6.42 Å². The molecule has 0 fully saturated rings. The summed E-state index contributed by atoms with van der Waals surface area (Å²) in [5, 5.41) is 0.487. The number of anilines is 2. The molecule has 1 heterocycles. The first-order valence-electron chi connectivity index (χ1n) is 8.59. The van der Waals surface area contributed by atoms with Crippen molar-refractivity contribution in [3.63, 3.8) is 0 Å². The van der Waals surface area contributed by atoms with Crippen LogP contribution in [0.25, 0.3) is 0 Å². The molecule has 27 heavy (non-hydrogen) atoms.